The van der Waals surface area contributed by atoms with Crippen LogP contribution in [0.1, 0.15) is 16.4 Å². The number of aryl methyl sites for hydroxylation is 1. The van der Waals surface area contributed by atoms with Crippen LogP contribution in [0.4, 0.5) is 8.78 Å². The largest absolute Gasteiger partial charge is 0.272 e. The number of halogens is 2. The lowest BCUT2D eigenvalue weighted by molar-refractivity contribution is 0.625. The SMILES string of the molecule is O=S(CCn1cccn1)C(c1ccc(F)cc1)c1ccc(F)cc1. The Hall–Kier alpha value is -2.34. The highest BCUT2D eigenvalue weighted by Gasteiger charge is 2.21. The molecule has 0 aliphatic heterocycles. The number of hydrogen-bond acceptors (Lipinski definition) is 2. The second-order valence-electron chi connectivity index (χ2n) is 5.34. The maximum Gasteiger partial charge on any atom is 0.123 e. The standard InChI is InChI=1S/C18H16F2N2OS/c19-16-6-2-14(3-7-16)18(15-4-8-17(20)9-5-15)24(23)13-12-22-11-1-10-21-22/h1-11,18H,12-13H2. The van der Waals surface area contributed by atoms with Crippen LogP contribution in [0.15, 0.2) is 67.0 Å². The van der Waals surface area contributed by atoms with Crippen LogP contribution in [0.25, 0.3) is 0 Å². The summed E-state index contributed by atoms with van der Waals surface area (Å²) in [5, 5.41) is 3.66. The topological polar surface area (TPSA) is 34.9 Å². The van der Waals surface area contributed by atoms with E-state index in [0.29, 0.717) is 12.3 Å². The van der Waals surface area contributed by atoms with E-state index in [9.17, 15) is 13.0 Å². The molecule has 1 unspecified atom stereocenters. The van der Waals surface area contributed by atoms with Crippen molar-refractivity contribution in [1.82, 2.24) is 9.78 Å². The highest BCUT2D eigenvalue weighted by molar-refractivity contribution is 7.85. The zero-order chi connectivity index (χ0) is 16.9. The lowest BCUT2D eigenvalue weighted by atomic mass is 10.0. The molecular weight excluding hydrogens is 330 g/mol. The van der Waals surface area contributed by atoms with Gasteiger partial charge < -0.3 is 0 Å². The van der Waals surface area contributed by atoms with E-state index < -0.39 is 16.0 Å². The third-order valence-electron chi connectivity index (χ3n) is 3.69. The summed E-state index contributed by atoms with van der Waals surface area (Å²) in [5.74, 6) is -0.306. The summed E-state index contributed by atoms with van der Waals surface area (Å²) in [7, 11) is -1.26. The molecule has 2 aromatic carbocycles. The van der Waals surface area contributed by atoms with Crippen molar-refractivity contribution in [1.29, 1.82) is 0 Å². The van der Waals surface area contributed by atoms with E-state index in [1.807, 2.05) is 6.20 Å². The Kier molecular flexibility index (Phi) is 5.15. The molecule has 0 amide bonds. The van der Waals surface area contributed by atoms with Gasteiger partial charge in [0.05, 0.1) is 11.8 Å². The van der Waals surface area contributed by atoms with E-state index in [1.165, 1.54) is 24.3 Å². The van der Waals surface area contributed by atoms with Crippen molar-refractivity contribution in [2.45, 2.75) is 11.8 Å². The zero-order valence-electron chi connectivity index (χ0n) is 12.8. The molecule has 24 heavy (non-hydrogen) atoms. The first-order valence-corrected chi connectivity index (χ1v) is 8.87. The molecule has 0 aliphatic carbocycles. The van der Waals surface area contributed by atoms with Gasteiger partial charge in [0.25, 0.3) is 0 Å². The Morgan fingerprint density at radius 2 is 1.50 bits per heavy atom. The Balaban J connectivity index is 1.87. The Labute approximate surface area is 141 Å². The van der Waals surface area contributed by atoms with Crippen molar-refractivity contribution in [2.75, 3.05) is 5.75 Å². The summed E-state index contributed by atoms with van der Waals surface area (Å²) in [6.07, 6.45) is 3.47. The minimum atomic E-state index is -1.26. The van der Waals surface area contributed by atoms with Crippen molar-refractivity contribution in [3.05, 3.63) is 89.8 Å². The van der Waals surface area contributed by atoms with E-state index in [-0.39, 0.29) is 11.6 Å². The number of aromatic nitrogens is 2. The van der Waals surface area contributed by atoms with Gasteiger partial charge in [0.15, 0.2) is 0 Å². The fourth-order valence-corrected chi connectivity index (χ4v) is 4.03. The summed E-state index contributed by atoms with van der Waals surface area (Å²) < 4.78 is 41.0. The Bertz CT molecular complexity index is 757. The lowest BCUT2D eigenvalue weighted by Gasteiger charge is -2.18. The van der Waals surface area contributed by atoms with Crippen LogP contribution in [0.2, 0.25) is 0 Å². The van der Waals surface area contributed by atoms with Crippen LogP contribution >= 0.6 is 0 Å². The highest BCUT2D eigenvalue weighted by atomic mass is 32.2. The fourth-order valence-electron chi connectivity index (χ4n) is 2.51. The first-order valence-electron chi connectivity index (χ1n) is 7.49. The summed E-state index contributed by atoms with van der Waals surface area (Å²) in [6, 6.07) is 13.7. The minimum Gasteiger partial charge on any atom is -0.272 e. The predicted molar refractivity (Wildman–Crippen MR) is 89.9 cm³/mol. The molecule has 0 radical (unpaired) electrons. The molecule has 6 heteroatoms. The van der Waals surface area contributed by atoms with E-state index in [2.05, 4.69) is 5.10 Å². The highest BCUT2D eigenvalue weighted by Crippen LogP contribution is 2.29. The van der Waals surface area contributed by atoms with Gasteiger partial charge in [-0.15, -0.1) is 0 Å². The Morgan fingerprint density at radius 3 is 1.96 bits per heavy atom. The molecule has 0 aliphatic rings. The molecular formula is C18H16F2N2OS. The van der Waals surface area contributed by atoms with Crippen LogP contribution in [-0.4, -0.2) is 19.7 Å². The average molecular weight is 346 g/mol. The monoisotopic (exact) mass is 346 g/mol. The molecule has 3 rings (SSSR count). The molecule has 1 atom stereocenters. The van der Waals surface area contributed by atoms with Gasteiger partial charge in [-0.2, -0.15) is 5.10 Å². The summed E-state index contributed by atoms with van der Waals surface area (Å²) in [5.41, 5.74) is 1.48. The van der Waals surface area contributed by atoms with E-state index in [1.54, 1.807) is 41.2 Å². The molecule has 124 valence electrons. The van der Waals surface area contributed by atoms with Gasteiger partial charge in [0.1, 0.15) is 11.6 Å². The number of nitrogens with zero attached hydrogens (tertiary/aromatic N) is 2. The summed E-state index contributed by atoms with van der Waals surface area (Å²) >= 11 is 0. The first-order chi connectivity index (χ1) is 11.6. The van der Waals surface area contributed by atoms with Gasteiger partial charge in [-0.1, -0.05) is 24.3 Å². The van der Waals surface area contributed by atoms with E-state index >= 15 is 0 Å². The molecule has 0 saturated heterocycles. The second kappa shape index (κ2) is 7.49. The quantitative estimate of drug-likeness (QED) is 0.682. The van der Waals surface area contributed by atoms with Crippen molar-refractivity contribution in [3.63, 3.8) is 0 Å². The van der Waals surface area contributed by atoms with Crippen LogP contribution in [0, 0.1) is 11.6 Å². The molecule has 1 heterocycles. The van der Waals surface area contributed by atoms with Crippen molar-refractivity contribution < 1.29 is 13.0 Å². The van der Waals surface area contributed by atoms with Gasteiger partial charge in [0.2, 0.25) is 0 Å². The minimum absolute atomic E-state index is 0.348. The van der Waals surface area contributed by atoms with Gasteiger partial charge in [0, 0.05) is 28.9 Å². The molecule has 0 N–H and O–H groups in total. The molecule has 1 aromatic heterocycles. The third kappa shape index (κ3) is 3.94. The molecule has 0 fully saturated rings. The zero-order valence-corrected chi connectivity index (χ0v) is 13.6. The smallest absolute Gasteiger partial charge is 0.123 e. The number of hydrogen-bond donors (Lipinski definition) is 0. The van der Waals surface area contributed by atoms with Crippen LogP contribution in [-0.2, 0) is 17.3 Å². The predicted octanol–water partition coefficient (Wildman–Crippen LogP) is 3.70. The first kappa shape index (κ1) is 16.5. The van der Waals surface area contributed by atoms with Crippen LogP contribution in [0.5, 0.6) is 0 Å². The van der Waals surface area contributed by atoms with Gasteiger partial charge in [-0.25, -0.2) is 8.78 Å². The second-order valence-corrected chi connectivity index (χ2v) is 6.98. The number of rotatable bonds is 6. The van der Waals surface area contributed by atoms with Crippen molar-refractivity contribution >= 4 is 10.8 Å². The van der Waals surface area contributed by atoms with Gasteiger partial charge >= 0.3 is 0 Å². The molecule has 0 bridgehead atoms. The fraction of sp³-hybridized carbons (Fsp3) is 0.167. The van der Waals surface area contributed by atoms with Crippen molar-refractivity contribution in [2.24, 2.45) is 0 Å². The van der Waals surface area contributed by atoms with Gasteiger partial charge in [-0.3, -0.25) is 8.89 Å². The van der Waals surface area contributed by atoms with Crippen LogP contribution < -0.4 is 0 Å². The summed E-state index contributed by atoms with van der Waals surface area (Å²) in [4.78, 5) is 0. The molecule has 0 saturated carbocycles. The summed E-state index contributed by atoms with van der Waals surface area (Å²) in [6.45, 7) is 0.512. The third-order valence-corrected chi connectivity index (χ3v) is 5.34. The molecule has 3 nitrogen and oxygen atoms in total. The van der Waals surface area contributed by atoms with E-state index in [0.717, 1.165) is 11.1 Å². The maximum absolute atomic E-state index is 13.2. The maximum atomic E-state index is 13.2. The van der Waals surface area contributed by atoms with Crippen LogP contribution in [0.3, 0.4) is 0 Å². The lowest BCUT2D eigenvalue weighted by Crippen LogP contribution is -2.16. The Morgan fingerprint density at radius 1 is 0.958 bits per heavy atom. The average Bonchev–Trinajstić information content (AvgIpc) is 3.10. The van der Waals surface area contributed by atoms with Crippen molar-refractivity contribution in [3.8, 4) is 0 Å². The van der Waals surface area contributed by atoms with Gasteiger partial charge in [-0.05, 0) is 41.5 Å². The number of benzene rings is 2. The van der Waals surface area contributed by atoms with E-state index in [4.69, 9.17) is 0 Å². The molecule has 3 aromatic rings. The normalized spacial score (nSPS) is 12.5. The molecule has 0 spiro atoms.